The molecule has 1 amide bonds. The van der Waals surface area contributed by atoms with Crippen molar-refractivity contribution in [1.82, 2.24) is 24.6 Å². The van der Waals surface area contributed by atoms with Crippen LogP contribution in [0.3, 0.4) is 0 Å². The molecule has 0 bridgehead atoms. The van der Waals surface area contributed by atoms with E-state index in [1.807, 2.05) is 29.2 Å². The van der Waals surface area contributed by atoms with Gasteiger partial charge in [0.05, 0.1) is 11.7 Å². The van der Waals surface area contributed by atoms with Crippen molar-refractivity contribution in [2.75, 3.05) is 6.54 Å². The van der Waals surface area contributed by atoms with Gasteiger partial charge in [-0.25, -0.2) is 0 Å². The maximum atomic E-state index is 13.0. The van der Waals surface area contributed by atoms with Crippen molar-refractivity contribution in [3.05, 3.63) is 60.2 Å². The van der Waals surface area contributed by atoms with E-state index in [2.05, 4.69) is 38.9 Å². The third-order valence-corrected chi connectivity index (χ3v) is 4.55. The molecular weight excluding hydrogens is 302 g/mol. The molecule has 1 aliphatic rings. The van der Waals surface area contributed by atoms with E-state index >= 15 is 0 Å². The highest BCUT2D eigenvalue weighted by Gasteiger charge is 2.31. The van der Waals surface area contributed by atoms with Crippen LogP contribution in [0.4, 0.5) is 0 Å². The number of nitrogens with one attached hydrogen (secondary N) is 1. The van der Waals surface area contributed by atoms with Gasteiger partial charge < -0.3 is 9.47 Å². The largest absolute Gasteiger partial charge is 0.348 e. The first-order valence-corrected chi connectivity index (χ1v) is 8.20. The van der Waals surface area contributed by atoms with Crippen molar-refractivity contribution in [1.29, 1.82) is 0 Å². The zero-order valence-corrected chi connectivity index (χ0v) is 13.5. The van der Waals surface area contributed by atoms with Gasteiger partial charge in [-0.05, 0) is 36.8 Å². The second-order valence-electron chi connectivity index (χ2n) is 5.93. The molecule has 1 aliphatic heterocycles. The molecule has 6 nitrogen and oxygen atoms in total. The van der Waals surface area contributed by atoms with Crippen LogP contribution in [0.25, 0.3) is 11.4 Å². The van der Waals surface area contributed by atoms with Crippen molar-refractivity contribution in [2.45, 2.75) is 25.9 Å². The zero-order valence-electron chi connectivity index (χ0n) is 13.5. The van der Waals surface area contributed by atoms with E-state index in [1.54, 1.807) is 12.3 Å². The Kier molecular flexibility index (Phi) is 3.65. The number of carbonyl (C=O) groups excluding carboxylic acids is 1. The highest BCUT2D eigenvalue weighted by molar-refractivity contribution is 5.93. The molecule has 0 radical (unpaired) electrons. The summed E-state index contributed by atoms with van der Waals surface area (Å²) in [6.45, 7) is 3.64. The Morgan fingerprint density at radius 3 is 2.96 bits per heavy atom. The predicted molar refractivity (Wildman–Crippen MR) is 90.3 cm³/mol. The average molecular weight is 321 g/mol. The number of fused-ring (bicyclic) bond motifs is 1. The fourth-order valence-electron chi connectivity index (χ4n) is 3.37. The maximum Gasteiger partial charge on any atom is 0.272 e. The summed E-state index contributed by atoms with van der Waals surface area (Å²) in [4.78, 5) is 19.2. The van der Waals surface area contributed by atoms with Crippen LogP contribution in [0.15, 0.2) is 48.8 Å². The summed E-state index contributed by atoms with van der Waals surface area (Å²) < 4.78 is 2.23. The maximum absolute atomic E-state index is 13.0. The van der Waals surface area contributed by atoms with Crippen LogP contribution in [0.2, 0.25) is 0 Å². The van der Waals surface area contributed by atoms with Crippen LogP contribution in [-0.4, -0.2) is 37.1 Å². The average Bonchev–Trinajstić information content (AvgIpc) is 3.30. The summed E-state index contributed by atoms with van der Waals surface area (Å²) in [5, 5.41) is 7.12. The van der Waals surface area contributed by atoms with Gasteiger partial charge in [-0.2, -0.15) is 5.10 Å². The Morgan fingerprint density at radius 1 is 1.25 bits per heavy atom. The Bertz CT molecular complexity index is 851. The number of nitrogens with zero attached hydrogens (tertiary/aromatic N) is 4. The molecule has 0 saturated heterocycles. The lowest BCUT2D eigenvalue weighted by Crippen LogP contribution is -2.41. The number of hydrogen-bond acceptors (Lipinski definition) is 3. The van der Waals surface area contributed by atoms with Crippen LogP contribution in [0.1, 0.15) is 35.6 Å². The van der Waals surface area contributed by atoms with E-state index in [0.717, 1.165) is 18.7 Å². The molecule has 24 heavy (non-hydrogen) atoms. The minimum absolute atomic E-state index is 0.0102. The van der Waals surface area contributed by atoms with E-state index in [1.165, 1.54) is 5.69 Å². The number of hydrogen-bond donors (Lipinski definition) is 1. The normalized spacial score (nSPS) is 16.9. The van der Waals surface area contributed by atoms with Gasteiger partial charge in [0.25, 0.3) is 5.91 Å². The van der Waals surface area contributed by atoms with Gasteiger partial charge >= 0.3 is 0 Å². The van der Waals surface area contributed by atoms with Gasteiger partial charge in [-0.3, -0.25) is 14.9 Å². The molecule has 3 aromatic heterocycles. The van der Waals surface area contributed by atoms with E-state index in [-0.39, 0.29) is 11.9 Å². The third-order valence-electron chi connectivity index (χ3n) is 4.55. The number of aromatic amines is 1. The molecule has 0 saturated carbocycles. The monoisotopic (exact) mass is 321 g/mol. The highest BCUT2D eigenvalue weighted by atomic mass is 16.2. The third kappa shape index (κ3) is 2.40. The summed E-state index contributed by atoms with van der Waals surface area (Å²) in [6, 6.07) is 11.7. The van der Waals surface area contributed by atoms with Gasteiger partial charge in [0, 0.05) is 31.2 Å². The van der Waals surface area contributed by atoms with Crippen LogP contribution < -0.4 is 0 Å². The van der Waals surface area contributed by atoms with Crippen molar-refractivity contribution in [2.24, 2.45) is 0 Å². The van der Waals surface area contributed by atoms with Crippen molar-refractivity contribution < 1.29 is 4.79 Å². The highest BCUT2D eigenvalue weighted by Crippen LogP contribution is 2.30. The Hall–Kier alpha value is -2.89. The number of amides is 1. The minimum Gasteiger partial charge on any atom is -0.348 e. The minimum atomic E-state index is -0.0102. The summed E-state index contributed by atoms with van der Waals surface area (Å²) in [5.74, 6) is -0.0102. The molecule has 0 aromatic carbocycles. The Labute approximate surface area is 140 Å². The molecule has 0 aliphatic carbocycles. The lowest BCUT2D eigenvalue weighted by Gasteiger charge is -2.36. The van der Waals surface area contributed by atoms with Gasteiger partial charge in [0.2, 0.25) is 0 Å². The molecular formula is C18H19N5O. The van der Waals surface area contributed by atoms with Crippen LogP contribution in [0.5, 0.6) is 0 Å². The Morgan fingerprint density at radius 2 is 2.17 bits per heavy atom. The second kappa shape index (κ2) is 5.96. The van der Waals surface area contributed by atoms with Crippen molar-refractivity contribution in [3.63, 3.8) is 0 Å². The number of pyridine rings is 1. The molecule has 122 valence electrons. The lowest BCUT2D eigenvalue weighted by molar-refractivity contribution is 0.0611. The molecule has 1 atom stereocenters. The molecule has 4 rings (SSSR count). The van der Waals surface area contributed by atoms with E-state index < -0.39 is 0 Å². The van der Waals surface area contributed by atoms with Crippen molar-refractivity contribution >= 4 is 5.91 Å². The van der Waals surface area contributed by atoms with Gasteiger partial charge in [0.1, 0.15) is 11.4 Å². The smallest absolute Gasteiger partial charge is 0.272 e. The molecule has 1 N–H and O–H groups in total. The van der Waals surface area contributed by atoms with E-state index in [4.69, 9.17) is 0 Å². The second-order valence-corrected chi connectivity index (χ2v) is 5.93. The summed E-state index contributed by atoms with van der Waals surface area (Å²) in [6.07, 6.45) is 4.68. The molecule has 0 fully saturated rings. The van der Waals surface area contributed by atoms with Gasteiger partial charge in [-0.15, -0.1) is 0 Å². The van der Waals surface area contributed by atoms with Crippen LogP contribution in [0, 0.1) is 0 Å². The molecule has 0 unspecified atom stereocenters. The van der Waals surface area contributed by atoms with Gasteiger partial charge in [0.15, 0.2) is 0 Å². The topological polar surface area (TPSA) is 66.8 Å². The molecule has 3 aromatic rings. The van der Waals surface area contributed by atoms with Crippen molar-refractivity contribution in [3.8, 4) is 11.4 Å². The summed E-state index contributed by atoms with van der Waals surface area (Å²) >= 11 is 0. The first-order chi connectivity index (χ1) is 11.8. The molecule has 0 spiro atoms. The van der Waals surface area contributed by atoms with E-state index in [0.29, 0.717) is 17.9 Å². The fraction of sp³-hybridized carbons (Fsp3) is 0.278. The quantitative estimate of drug-likeness (QED) is 0.806. The Balaban J connectivity index is 1.61. The SMILES string of the molecule is CC[C@H]1c2cccn2CCN1C(=O)c1cc(-c2ccccn2)n[nH]1. The first-order valence-electron chi connectivity index (χ1n) is 8.20. The summed E-state index contributed by atoms with van der Waals surface area (Å²) in [5.41, 5.74) is 3.15. The lowest BCUT2D eigenvalue weighted by atomic mass is 10.1. The van der Waals surface area contributed by atoms with E-state index in [9.17, 15) is 4.79 Å². The van der Waals surface area contributed by atoms with Gasteiger partial charge in [-0.1, -0.05) is 13.0 Å². The number of carbonyl (C=O) groups is 1. The van der Waals surface area contributed by atoms with Crippen LogP contribution in [-0.2, 0) is 6.54 Å². The standard InChI is InChI=1S/C18H19N5O/c1-2-16-17-7-5-9-22(17)10-11-23(16)18(24)15-12-14(20-21-15)13-6-3-4-8-19-13/h3-9,12,16H,2,10-11H2,1H3,(H,20,21)/t16-/m0/s1. The van der Waals surface area contributed by atoms with Crippen LogP contribution >= 0.6 is 0 Å². The molecule has 4 heterocycles. The fourth-order valence-corrected chi connectivity index (χ4v) is 3.37. The predicted octanol–water partition coefficient (Wildman–Crippen LogP) is 2.88. The number of rotatable bonds is 3. The number of H-pyrrole nitrogens is 1. The summed E-state index contributed by atoms with van der Waals surface area (Å²) in [7, 11) is 0. The number of aromatic nitrogens is 4. The first kappa shape index (κ1) is 14.7. The molecule has 6 heteroatoms. The zero-order chi connectivity index (χ0) is 16.5.